The molecule has 0 radical (unpaired) electrons. The van der Waals surface area contributed by atoms with Crippen LogP contribution >= 0.6 is 33.9 Å². The Morgan fingerprint density at radius 1 is 1.59 bits per heavy atom. The summed E-state index contributed by atoms with van der Waals surface area (Å²) in [4.78, 5) is 14.4. The molecular weight excluding hydrogens is 347 g/mol. The second-order valence-corrected chi connectivity index (χ2v) is 7.13. The van der Waals surface area contributed by atoms with Crippen molar-refractivity contribution in [3.63, 3.8) is 0 Å². The average Bonchev–Trinajstić information content (AvgIpc) is 2.77. The topological polar surface area (TPSA) is 32.3 Å². The molecule has 1 aliphatic rings. The van der Waals surface area contributed by atoms with Gasteiger partial charge in [-0.3, -0.25) is 4.79 Å². The molecule has 1 N–H and O–H groups in total. The third-order valence-electron chi connectivity index (χ3n) is 3.20. The molecule has 0 bridgehead atoms. The van der Waals surface area contributed by atoms with E-state index in [-0.39, 0.29) is 5.91 Å². The summed E-state index contributed by atoms with van der Waals surface area (Å²) in [6.45, 7) is 5.50. The molecule has 94 valence electrons. The number of carbonyl (C=O) groups excluding carboxylic acids is 1. The van der Waals surface area contributed by atoms with Crippen molar-refractivity contribution in [2.45, 2.75) is 25.8 Å². The summed E-state index contributed by atoms with van der Waals surface area (Å²) >= 11 is 3.86. The number of amides is 1. The highest BCUT2D eigenvalue weighted by Crippen LogP contribution is 2.17. The summed E-state index contributed by atoms with van der Waals surface area (Å²) in [6.07, 6.45) is 2.14. The minimum absolute atomic E-state index is 0.0825. The zero-order chi connectivity index (χ0) is 12.3. The van der Waals surface area contributed by atoms with Crippen molar-refractivity contribution in [2.75, 3.05) is 19.6 Å². The third kappa shape index (κ3) is 3.66. The highest BCUT2D eigenvalue weighted by molar-refractivity contribution is 14.1. The van der Waals surface area contributed by atoms with Crippen LogP contribution in [-0.2, 0) is 0 Å². The smallest absolute Gasteiger partial charge is 0.252 e. The zero-order valence-electron chi connectivity index (χ0n) is 9.91. The second-order valence-electron chi connectivity index (χ2n) is 4.32. The summed E-state index contributed by atoms with van der Waals surface area (Å²) in [5, 5.41) is 5.06. The SMILES string of the molecule is CCN1CCC(NC(=O)c2csc(I)c2)CC1. The van der Waals surface area contributed by atoms with Gasteiger partial charge >= 0.3 is 0 Å². The van der Waals surface area contributed by atoms with Gasteiger partial charge in [0.05, 0.1) is 8.45 Å². The first-order valence-electron chi connectivity index (χ1n) is 5.96. The summed E-state index contributed by atoms with van der Waals surface area (Å²) in [6, 6.07) is 2.30. The Hall–Kier alpha value is -0.140. The number of rotatable bonds is 3. The van der Waals surface area contributed by atoms with Crippen molar-refractivity contribution in [3.8, 4) is 0 Å². The lowest BCUT2D eigenvalue weighted by molar-refractivity contribution is 0.0913. The van der Waals surface area contributed by atoms with E-state index in [1.165, 1.54) is 0 Å². The second kappa shape index (κ2) is 6.15. The summed E-state index contributed by atoms with van der Waals surface area (Å²) in [5.74, 6) is 0.0825. The Balaban J connectivity index is 1.84. The van der Waals surface area contributed by atoms with Crippen LogP contribution < -0.4 is 5.32 Å². The molecule has 0 saturated carbocycles. The number of nitrogens with zero attached hydrogens (tertiary/aromatic N) is 1. The number of piperidine rings is 1. The van der Waals surface area contributed by atoms with Gasteiger partial charge in [-0.15, -0.1) is 11.3 Å². The van der Waals surface area contributed by atoms with E-state index in [1.54, 1.807) is 11.3 Å². The van der Waals surface area contributed by atoms with Crippen molar-refractivity contribution >= 4 is 39.8 Å². The molecule has 5 heteroatoms. The fourth-order valence-electron chi connectivity index (χ4n) is 2.09. The molecular formula is C12H17IN2OS. The number of nitrogens with one attached hydrogen (secondary N) is 1. The van der Waals surface area contributed by atoms with Crippen LogP contribution in [0.2, 0.25) is 0 Å². The van der Waals surface area contributed by atoms with Crippen LogP contribution in [0.3, 0.4) is 0 Å². The number of hydrogen-bond donors (Lipinski definition) is 1. The monoisotopic (exact) mass is 364 g/mol. The Kier molecular flexibility index (Phi) is 4.81. The maximum atomic E-state index is 12.0. The molecule has 0 unspecified atom stereocenters. The Morgan fingerprint density at radius 3 is 2.82 bits per heavy atom. The van der Waals surface area contributed by atoms with E-state index in [9.17, 15) is 4.79 Å². The van der Waals surface area contributed by atoms with E-state index in [2.05, 4.69) is 39.7 Å². The number of hydrogen-bond acceptors (Lipinski definition) is 3. The molecule has 0 spiro atoms. The normalized spacial score (nSPS) is 18.2. The van der Waals surface area contributed by atoms with Crippen molar-refractivity contribution in [2.24, 2.45) is 0 Å². The fraction of sp³-hybridized carbons (Fsp3) is 0.583. The van der Waals surface area contributed by atoms with E-state index in [0.29, 0.717) is 6.04 Å². The van der Waals surface area contributed by atoms with Gasteiger partial charge in [0, 0.05) is 24.5 Å². The summed E-state index contributed by atoms with van der Waals surface area (Å²) < 4.78 is 1.16. The molecule has 1 aromatic rings. The maximum absolute atomic E-state index is 12.0. The third-order valence-corrected chi connectivity index (χ3v) is 4.99. The molecule has 2 heterocycles. The van der Waals surface area contributed by atoms with E-state index in [0.717, 1.165) is 40.9 Å². The molecule has 0 aliphatic carbocycles. The maximum Gasteiger partial charge on any atom is 0.252 e. The first kappa shape index (κ1) is 13.3. The Bertz CT molecular complexity index is 386. The summed E-state index contributed by atoms with van der Waals surface area (Å²) in [7, 11) is 0. The quantitative estimate of drug-likeness (QED) is 0.837. The van der Waals surface area contributed by atoms with Crippen molar-refractivity contribution in [1.29, 1.82) is 0 Å². The molecule has 17 heavy (non-hydrogen) atoms. The van der Waals surface area contributed by atoms with Gasteiger partial charge in [-0.1, -0.05) is 6.92 Å². The molecule has 1 saturated heterocycles. The largest absolute Gasteiger partial charge is 0.349 e. The first-order valence-corrected chi connectivity index (χ1v) is 7.92. The lowest BCUT2D eigenvalue weighted by atomic mass is 10.0. The van der Waals surface area contributed by atoms with Crippen LogP contribution in [0, 0.1) is 2.88 Å². The molecule has 0 aromatic carbocycles. The number of carbonyl (C=O) groups is 1. The Labute approximate surface area is 120 Å². The lowest BCUT2D eigenvalue weighted by Gasteiger charge is -2.31. The van der Waals surface area contributed by atoms with Gasteiger partial charge < -0.3 is 10.2 Å². The van der Waals surface area contributed by atoms with E-state index in [1.807, 2.05) is 11.4 Å². The van der Waals surface area contributed by atoms with E-state index >= 15 is 0 Å². The van der Waals surface area contributed by atoms with Crippen LogP contribution in [0.5, 0.6) is 0 Å². The van der Waals surface area contributed by atoms with Crippen molar-refractivity contribution in [1.82, 2.24) is 10.2 Å². The molecule has 1 amide bonds. The first-order chi connectivity index (χ1) is 8.19. The minimum atomic E-state index is 0.0825. The van der Waals surface area contributed by atoms with Crippen molar-refractivity contribution in [3.05, 3.63) is 19.9 Å². The van der Waals surface area contributed by atoms with Gasteiger partial charge in [0.2, 0.25) is 0 Å². The highest BCUT2D eigenvalue weighted by Gasteiger charge is 2.20. The fourth-order valence-corrected chi connectivity index (χ4v) is 3.42. The molecule has 2 rings (SSSR count). The van der Waals surface area contributed by atoms with Crippen LogP contribution in [0.4, 0.5) is 0 Å². The van der Waals surface area contributed by atoms with Gasteiger partial charge in [-0.2, -0.15) is 0 Å². The van der Waals surface area contributed by atoms with Crippen LogP contribution in [0.15, 0.2) is 11.4 Å². The zero-order valence-corrected chi connectivity index (χ0v) is 12.9. The van der Waals surface area contributed by atoms with Crippen molar-refractivity contribution < 1.29 is 4.79 Å². The van der Waals surface area contributed by atoms with Gasteiger partial charge in [-0.05, 0) is 48.0 Å². The van der Waals surface area contributed by atoms with Gasteiger partial charge in [-0.25, -0.2) is 0 Å². The van der Waals surface area contributed by atoms with Crippen LogP contribution in [0.1, 0.15) is 30.1 Å². The molecule has 3 nitrogen and oxygen atoms in total. The number of likely N-dealkylation sites (tertiary alicyclic amines) is 1. The van der Waals surface area contributed by atoms with Gasteiger partial charge in [0.25, 0.3) is 5.91 Å². The molecule has 1 aromatic heterocycles. The minimum Gasteiger partial charge on any atom is -0.349 e. The lowest BCUT2D eigenvalue weighted by Crippen LogP contribution is -2.44. The highest BCUT2D eigenvalue weighted by atomic mass is 127. The summed E-state index contributed by atoms with van der Waals surface area (Å²) in [5.41, 5.74) is 0.803. The predicted octanol–water partition coefficient (Wildman–Crippen LogP) is 2.57. The standard InChI is InChI=1S/C12H17IN2OS/c1-2-15-5-3-10(4-6-15)14-12(16)9-7-11(13)17-8-9/h7-8,10H,2-6H2,1H3,(H,14,16). The Morgan fingerprint density at radius 2 is 2.29 bits per heavy atom. The molecule has 0 atom stereocenters. The van der Waals surface area contributed by atoms with Gasteiger partial charge in [0.1, 0.15) is 0 Å². The van der Waals surface area contributed by atoms with E-state index < -0.39 is 0 Å². The average molecular weight is 364 g/mol. The molecule has 1 fully saturated rings. The van der Waals surface area contributed by atoms with Crippen LogP contribution in [-0.4, -0.2) is 36.5 Å². The number of thiophene rings is 1. The van der Waals surface area contributed by atoms with Gasteiger partial charge in [0.15, 0.2) is 0 Å². The number of halogens is 1. The van der Waals surface area contributed by atoms with Crippen LogP contribution in [0.25, 0.3) is 0 Å². The molecule has 1 aliphatic heterocycles. The van der Waals surface area contributed by atoms with E-state index in [4.69, 9.17) is 0 Å². The predicted molar refractivity (Wildman–Crippen MR) is 79.6 cm³/mol.